The van der Waals surface area contributed by atoms with Crippen molar-refractivity contribution in [3.8, 4) is 23.1 Å². The van der Waals surface area contributed by atoms with Crippen molar-refractivity contribution in [2.45, 2.75) is 59.4 Å². The second-order valence-electron chi connectivity index (χ2n) is 15.0. The Kier molecular flexibility index (Phi) is 13.4. The van der Waals surface area contributed by atoms with Crippen LogP contribution in [-0.4, -0.2) is 65.1 Å². The minimum absolute atomic E-state index is 0.103. The average molecular weight is 851 g/mol. The van der Waals surface area contributed by atoms with Gasteiger partial charge in [-0.05, 0) is 78.4 Å². The number of ether oxygens (including phenoxy) is 5. The number of benzene rings is 4. The van der Waals surface area contributed by atoms with E-state index in [9.17, 15) is 14.4 Å². The van der Waals surface area contributed by atoms with Gasteiger partial charge in [-0.2, -0.15) is 0 Å². The van der Waals surface area contributed by atoms with Crippen LogP contribution in [0.4, 0.5) is 0 Å². The molecule has 5 aromatic rings. The lowest BCUT2D eigenvalue weighted by molar-refractivity contribution is -0.179. The topological polar surface area (TPSA) is 117 Å². The van der Waals surface area contributed by atoms with Crippen LogP contribution < -0.4 is 14.2 Å². The van der Waals surface area contributed by atoms with Crippen LogP contribution in [0.3, 0.4) is 0 Å². The Morgan fingerprint density at radius 3 is 2.25 bits per heavy atom. The number of piperazine rings is 1. The summed E-state index contributed by atoms with van der Waals surface area (Å²) in [5.41, 5.74) is 5.30. The summed E-state index contributed by atoms with van der Waals surface area (Å²) in [7, 11) is 0. The van der Waals surface area contributed by atoms with Gasteiger partial charge in [0, 0.05) is 48.3 Å². The molecule has 7 rings (SSSR count). The molecule has 0 saturated carbocycles. The van der Waals surface area contributed by atoms with Gasteiger partial charge in [0.1, 0.15) is 23.9 Å². The lowest BCUT2D eigenvalue weighted by Gasteiger charge is -2.40. The van der Waals surface area contributed by atoms with Crippen LogP contribution in [0.25, 0.3) is 5.76 Å². The van der Waals surface area contributed by atoms with Crippen molar-refractivity contribution >= 4 is 46.8 Å². The number of fused-ring (bicyclic) bond motifs is 1. The SMILES string of the molecule is C/C1=C(/c2cc(C)c(Oc3ccc(OCc4ccccc4Cl)cn3)c(Cl)c2)OC(=O)C(=O)OC2CN(Cc3ccc(CCOc4ccc(C(C)C)cc4)cc3)CCN2C1=O. The summed E-state index contributed by atoms with van der Waals surface area (Å²) in [6, 6.07) is 30.4. The maximum Gasteiger partial charge on any atom is 0.422 e. The molecule has 13 heteroatoms. The van der Waals surface area contributed by atoms with Crippen molar-refractivity contribution in [2.24, 2.45) is 0 Å². The molecule has 0 radical (unpaired) electrons. The molecule has 0 N–H and O–H groups in total. The lowest BCUT2D eigenvalue weighted by atomic mass is 10.0. The normalized spacial score (nSPS) is 17.3. The molecule has 1 atom stereocenters. The number of hydrogen-bond acceptors (Lipinski definition) is 10. The number of hydrogen-bond donors (Lipinski definition) is 0. The highest BCUT2D eigenvalue weighted by atomic mass is 35.5. The molecule has 2 aliphatic rings. The second-order valence-corrected chi connectivity index (χ2v) is 15.8. The molecule has 1 unspecified atom stereocenters. The van der Waals surface area contributed by atoms with Crippen molar-refractivity contribution in [3.63, 3.8) is 0 Å². The van der Waals surface area contributed by atoms with E-state index in [1.54, 1.807) is 38.1 Å². The van der Waals surface area contributed by atoms with Gasteiger partial charge in [-0.15, -0.1) is 0 Å². The minimum Gasteiger partial charge on any atom is -0.493 e. The third-order valence-electron chi connectivity index (χ3n) is 10.3. The number of aromatic nitrogens is 1. The van der Waals surface area contributed by atoms with Crippen LogP contribution in [0.15, 0.2) is 109 Å². The monoisotopic (exact) mass is 849 g/mol. The third-order valence-corrected chi connectivity index (χ3v) is 11.0. The van der Waals surface area contributed by atoms with E-state index in [1.807, 2.05) is 30.3 Å². The Labute approximate surface area is 359 Å². The number of rotatable bonds is 13. The van der Waals surface area contributed by atoms with E-state index in [4.69, 9.17) is 46.9 Å². The maximum atomic E-state index is 14.0. The number of halogens is 2. The number of aryl methyl sites for hydroxylation is 1. The Bertz CT molecular complexity index is 2360. The van der Waals surface area contributed by atoms with E-state index in [0.717, 1.165) is 28.9 Å². The molecule has 2 aliphatic heterocycles. The first-order chi connectivity index (χ1) is 28.9. The van der Waals surface area contributed by atoms with Gasteiger partial charge in [0.2, 0.25) is 5.88 Å². The quantitative estimate of drug-likeness (QED) is 0.0839. The lowest BCUT2D eigenvalue weighted by Crippen LogP contribution is -2.56. The molecule has 1 amide bonds. The van der Waals surface area contributed by atoms with E-state index >= 15 is 0 Å². The largest absolute Gasteiger partial charge is 0.493 e. The summed E-state index contributed by atoms with van der Waals surface area (Å²) in [4.78, 5) is 48.1. The van der Waals surface area contributed by atoms with Gasteiger partial charge in [-0.1, -0.05) is 91.6 Å². The van der Waals surface area contributed by atoms with Gasteiger partial charge >= 0.3 is 11.9 Å². The summed E-state index contributed by atoms with van der Waals surface area (Å²) in [5.74, 6) is -0.594. The average Bonchev–Trinajstić information content (AvgIpc) is 3.27. The van der Waals surface area contributed by atoms with Crippen LogP contribution in [0.1, 0.15) is 60.1 Å². The van der Waals surface area contributed by atoms with Gasteiger partial charge < -0.3 is 28.6 Å². The van der Waals surface area contributed by atoms with Crippen LogP contribution in [0.5, 0.6) is 23.1 Å². The minimum atomic E-state index is -1.25. The fraction of sp³-hybridized carbons (Fsp3) is 0.277. The van der Waals surface area contributed by atoms with Gasteiger partial charge in [-0.25, -0.2) is 14.6 Å². The third kappa shape index (κ3) is 10.3. The first-order valence-corrected chi connectivity index (χ1v) is 20.5. The van der Waals surface area contributed by atoms with Crippen LogP contribution >= 0.6 is 23.2 Å². The molecule has 0 bridgehead atoms. The van der Waals surface area contributed by atoms with Crippen molar-refractivity contribution in [1.29, 1.82) is 0 Å². The summed E-state index contributed by atoms with van der Waals surface area (Å²) in [5, 5.41) is 0.773. The predicted molar refractivity (Wildman–Crippen MR) is 228 cm³/mol. The zero-order valence-electron chi connectivity index (χ0n) is 33.8. The van der Waals surface area contributed by atoms with Gasteiger partial charge in [0.05, 0.1) is 29.9 Å². The number of carbonyl (C=O) groups is 3. The van der Waals surface area contributed by atoms with E-state index in [-0.39, 0.29) is 41.9 Å². The molecule has 1 fully saturated rings. The van der Waals surface area contributed by atoms with Crippen molar-refractivity contribution in [2.75, 3.05) is 26.2 Å². The Hall–Kier alpha value is -5.88. The summed E-state index contributed by atoms with van der Waals surface area (Å²) in [6.45, 7) is 10.00. The highest BCUT2D eigenvalue weighted by molar-refractivity contribution is 6.33. The van der Waals surface area contributed by atoms with Crippen LogP contribution in [-0.2, 0) is 43.4 Å². The summed E-state index contributed by atoms with van der Waals surface area (Å²) < 4.78 is 29.0. The van der Waals surface area contributed by atoms with E-state index in [2.05, 4.69) is 60.1 Å². The van der Waals surface area contributed by atoms with E-state index < -0.39 is 24.1 Å². The van der Waals surface area contributed by atoms with Gasteiger partial charge in [0.15, 0.2) is 12.0 Å². The zero-order valence-corrected chi connectivity index (χ0v) is 35.3. The Morgan fingerprint density at radius 2 is 1.55 bits per heavy atom. The first kappa shape index (κ1) is 42.3. The number of nitrogens with zero attached hydrogens (tertiary/aromatic N) is 3. The highest BCUT2D eigenvalue weighted by Gasteiger charge is 2.39. The first-order valence-electron chi connectivity index (χ1n) is 19.7. The number of esters is 2. The molecule has 60 heavy (non-hydrogen) atoms. The molecule has 310 valence electrons. The summed E-state index contributed by atoms with van der Waals surface area (Å²) >= 11 is 13.0. The molecule has 4 aromatic carbocycles. The standard InChI is InChI=1S/C47H45Cl2N3O8/c1-29(2)34-13-15-37(16-14-34)56-22-19-32-9-11-33(12-10-32)26-51-20-21-52-42(27-51)59-46(54)47(55)60-44(31(4)45(52)53)36-23-30(3)43(40(49)24-36)58-41-18-17-38(25-50-41)57-28-35-7-5-6-8-39(35)48/h5-18,23-25,29,42H,19-22,26-28H2,1-4H3/b44-31+. The molecule has 11 nitrogen and oxygen atoms in total. The molecule has 0 spiro atoms. The zero-order chi connectivity index (χ0) is 42.3. The van der Waals surface area contributed by atoms with E-state index in [0.29, 0.717) is 53.3 Å². The van der Waals surface area contributed by atoms with Crippen LogP contribution in [0, 0.1) is 6.92 Å². The highest BCUT2D eigenvalue weighted by Crippen LogP contribution is 2.37. The van der Waals surface area contributed by atoms with Gasteiger partial charge in [-0.3, -0.25) is 9.69 Å². The molecular formula is C47H45Cl2N3O8. The maximum absolute atomic E-state index is 14.0. The number of amides is 1. The molecule has 1 aromatic heterocycles. The van der Waals surface area contributed by atoms with Crippen molar-refractivity contribution < 1.29 is 38.1 Å². The number of pyridine rings is 1. The van der Waals surface area contributed by atoms with Gasteiger partial charge in [0.25, 0.3) is 5.91 Å². The Morgan fingerprint density at radius 1 is 0.817 bits per heavy atom. The smallest absolute Gasteiger partial charge is 0.422 e. The fourth-order valence-corrected chi connectivity index (χ4v) is 7.44. The fourth-order valence-electron chi connectivity index (χ4n) is 6.94. The molecular weight excluding hydrogens is 805 g/mol. The predicted octanol–water partition coefficient (Wildman–Crippen LogP) is 9.31. The van der Waals surface area contributed by atoms with Crippen molar-refractivity contribution in [1.82, 2.24) is 14.8 Å². The second kappa shape index (κ2) is 19.0. The molecule has 1 saturated heterocycles. The van der Waals surface area contributed by atoms with Crippen molar-refractivity contribution in [3.05, 3.63) is 152 Å². The molecule has 0 aliphatic carbocycles. The number of cyclic esters (lactones) is 1. The number of carbonyl (C=O) groups excluding carboxylic acids is 3. The molecule has 3 heterocycles. The summed E-state index contributed by atoms with van der Waals surface area (Å²) in [6.07, 6.45) is 1.28. The van der Waals surface area contributed by atoms with E-state index in [1.165, 1.54) is 22.7 Å². The Balaban J connectivity index is 0.979. The van der Waals surface area contributed by atoms with Crippen LogP contribution in [0.2, 0.25) is 10.0 Å².